The van der Waals surface area contributed by atoms with Gasteiger partial charge in [-0.25, -0.2) is 0 Å². The largest absolute Gasteiger partial charge is 0.395 e. The molecule has 0 aromatic heterocycles. The Bertz CT molecular complexity index is 529. The minimum absolute atomic E-state index is 0.0135. The van der Waals surface area contributed by atoms with E-state index in [1.54, 1.807) is 18.2 Å². The Kier molecular flexibility index (Phi) is 6.57. The van der Waals surface area contributed by atoms with Crippen LogP contribution < -0.4 is 5.32 Å². The summed E-state index contributed by atoms with van der Waals surface area (Å²) in [4.78, 5) is 12.1. The molecule has 1 unspecified atom stereocenters. The first-order chi connectivity index (χ1) is 9.45. The SMILES string of the molecule is CC(C)C(C)C(=O)Nc1ccc(Cl)cc1C#CCCO. The molecule has 2 N–H and O–H groups in total. The molecule has 0 fully saturated rings. The number of hydrogen-bond donors (Lipinski definition) is 2. The van der Waals surface area contributed by atoms with E-state index in [9.17, 15) is 4.79 Å². The zero-order valence-electron chi connectivity index (χ0n) is 12.0. The molecule has 4 heteroatoms. The van der Waals surface area contributed by atoms with Gasteiger partial charge in [-0.05, 0) is 24.1 Å². The fraction of sp³-hybridized carbons (Fsp3) is 0.438. The van der Waals surface area contributed by atoms with Crippen molar-refractivity contribution in [3.05, 3.63) is 28.8 Å². The van der Waals surface area contributed by atoms with Crippen molar-refractivity contribution in [3.8, 4) is 11.8 Å². The van der Waals surface area contributed by atoms with Crippen LogP contribution in [0.3, 0.4) is 0 Å². The van der Waals surface area contributed by atoms with Gasteiger partial charge in [0.2, 0.25) is 5.91 Å². The fourth-order valence-corrected chi connectivity index (χ4v) is 1.66. The molecule has 0 aliphatic rings. The van der Waals surface area contributed by atoms with E-state index in [1.165, 1.54) is 0 Å². The van der Waals surface area contributed by atoms with Crippen LogP contribution in [0.2, 0.25) is 5.02 Å². The number of benzene rings is 1. The zero-order chi connectivity index (χ0) is 15.1. The molecule has 0 bridgehead atoms. The Morgan fingerprint density at radius 3 is 2.70 bits per heavy atom. The summed E-state index contributed by atoms with van der Waals surface area (Å²) in [5.41, 5.74) is 1.31. The molecule has 0 radical (unpaired) electrons. The molecule has 108 valence electrons. The summed E-state index contributed by atoms with van der Waals surface area (Å²) in [6.07, 6.45) is 0.391. The average molecular weight is 294 g/mol. The van der Waals surface area contributed by atoms with Gasteiger partial charge in [-0.2, -0.15) is 0 Å². The molecule has 1 atom stereocenters. The first kappa shape index (κ1) is 16.6. The number of rotatable bonds is 4. The normalized spacial score (nSPS) is 11.7. The maximum absolute atomic E-state index is 12.1. The van der Waals surface area contributed by atoms with E-state index >= 15 is 0 Å². The van der Waals surface area contributed by atoms with Gasteiger partial charge in [0.25, 0.3) is 0 Å². The van der Waals surface area contributed by atoms with Crippen molar-refractivity contribution in [2.45, 2.75) is 27.2 Å². The van der Waals surface area contributed by atoms with E-state index in [-0.39, 0.29) is 24.3 Å². The van der Waals surface area contributed by atoms with E-state index in [1.807, 2.05) is 20.8 Å². The van der Waals surface area contributed by atoms with Gasteiger partial charge in [0, 0.05) is 22.9 Å². The highest BCUT2D eigenvalue weighted by Gasteiger charge is 2.17. The molecule has 20 heavy (non-hydrogen) atoms. The molecular formula is C16H20ClNO2. The van der Waals surface area contributed by atoms with Crippen LogP contribution in [0.5, 0.6) is 0 Å². The summed E-state index contributed by atoms with van der Waals surface area (Å²) < 4.78 is 0. The maximum atomic E-state index is 12.1. The van der Waals surface area contributed by atoms with Crippen LogP contribution in [0.4, 0.5) is 5.69 Å². The standard InChI is InChI=1S/C16H20ClNO2/c1-11(2)12(3)16(20)18-15-8-7-14(17)10-13(15)6-4-5-9-19/h7-8,10-12,19H,5,9H2,1-3H3,(H,18,20). The second kappa shape index (κ2) is 7.94. The fourth-order valence-electron chi connectivity index (χ4n) is 1.49. The molecule has 0 spiro atoms. The van der Waals surface area contributed by atoms with E-state index < -0.39 is 0 Å². The molecule has 0 heterocycles. The molecule has 0 saturated carbocycles. The molecule has 0 aliphatic heterocycles. The quantitative estimate of drug-likeness (QED) is 0.837. The third-order valence-electron chi connectivity index (χ3n) is 3.11. The lowest BCUT2D eigenvalue weighted by Crippen LogP contribution is -2.24. The first-order valence-electron chi connectivity index (χ1n) is 6.65. The highest BCUT2D eigenvalue weighted by molar-refractivity contribution is 6.30. The van der Waals surface area contributed by atoms with Crippen LogP contribution in [-0.2, 0) is 4.79 Å². The number of amides is 1. The number of carbonyl (C=O) groups excluding carboxylic acids is 1. The molecule has 1 rings (SSSR count). The van der Waals surface area contributed by atoms with Crippen LogP contribution in [-0.4, -0.2) is 17.6 Å². The second-order valence-electron chi connectivity index (χ2n) is 4.99. The predicted molar refractivity (Wildman–Crippen MR) is 82.7 cm³/mol. The van der Waals surface area contributed by atoms with Gasteiger partial charge in [0.05, 0.1) is 12.3 Å². The summed E-state index contributed by atoms with van der Waals surface area (Å²) in [5.74, 6) is 5.91. The topological polar surface area (TPSA) is 49.3 Å². The second-order valence-corrected chi connectivity index (χ2v) is 5.42. The van der Waals surface area contributed by atoms with Gasteiger partial charge < -0.3 is 10.4 Å². The van der Waals surface area contributed by atoms with E-state index in [4.69, 9.17) is 16.7 Å². The number of hydrogen-bond acceptors (Lipinski definition) is 2. The van der Waals surface area contributed by atoms with Gasteiger partial charge in [-0.3, -0.25) is 4.79 Å². The molecular weight excluding hydrogens is 274 g/mol. The zero-order valence-corrected chi connectivity index (χ0v) is 12.8. The minimum Gasteiger partial charge on any atom is -0.395 e. The number of carbonyl (C=O) groups is 1. The van der Waals surface area contributed by atoms with Crippen LogP contribution in [0.25, 0.3) is 0 Å². The van der Waals surface area contributed by atoms with Crippen molar-refractivity contribution in [3.63, 3.8) is 0 Å². The van der Waals surface area contributed by atoms with Gasteiger partial charge in [-0.1, -0.05) is 44.2 Å². The highest BCUT2D eigenvalue weighted by Crippen LogP contribution is 2.21. The van der Waals surface area contributed by atoms with Crippen molar-refractivity contribution < 1.29 is 9.90 Å². The van der Waals surface area contributed by atoms with Gasteiger partial charge in [0.1, 0.15) is 0 Å². The van der Waals surface area contributed by atoms with Gasteiger partial charge >= 0.3 is 0 Å². The molecule has 1 aromatic carbocycles. The van der Waals surface area contributed by atoms with Gasteiger partial charge in [0.15, 0.2) is 0 Å². The maximum Gasteiger partial charge on any atom is 0.227 e. The van der Waals surface area contributed by atoms with Crippen molar-refractivity contribution in [1.82, 2.24) is 0 Å². The lowest BCUT2D eigenvalue weighted by Gasteiger charge is -2.16. The van der Waals surface area contributed by atoms with Crippen LogP contribution >= 0.6 is 11.6 Å². The molecule has 1 amide bonds. The Labute approximate surface area is 125 Å². The first-order valence-corrected chi connectivity index (χ1v) is 7.03. The summed E-state index contributed by atoms with van der Waals surface area (Å²) >= 11 is 5.95. The van der Waals surface area contributed by atoms with Crippen LogP contribution in [0.15, 0.2) is 18.2 Å². The Hall–Kier alpha value is -1.50. The van der Waals surface area contributed by atoms with E-state index in [0.717, 1.165) is 0 Å². The smallest absolute Gasteiger partial charge is 0.227 e. The summed E-state index contributed by atoms with van der Waals surface area (Å²) in [6, 6.07) is 5.17. The lowest BCUT2D eigenvalue weighted by molar-refractivity contribution is -0.120. The van der Waals surface area contributed by atoms with Crippen molar-refractivity contribution in [2.75, 3.05) is 11.9 Å². The number of aliphatic hydroxyl groups excluding tert-OH is 1. The van der Waals surface area contributed by atoms with Crippen molar-refractivity contribution in [1.29, 1.82) is 0 Å². The number of halogens is 1. The molecule has 0 aliphatic carbocycles. The molecule has 3 nitrogen and oxygen atoms in total. The number of nitrogens with one attached hydrogen (secondary N) is 1. The third kappa shape index (κ3) is 4.88. The van der Waals surface area contributed by atoms with Gasteiger partial charge in [-0.15, -0.1) is 0 Å². The van der Waals surface area contributed by atoms with Crippen LogP contribution in [0, 0.1) is 23.7 Å². The summed E-state index contributed by atoms with van der Waals surface area (Å²) in [7, 11) is 0. The Balaban J connectivity index is 2.95. The highest BCUT2D eigenvalue weighted by atomic mass is 35.5. The summed E-state index contributed by atoms with van der Waals surface area (Å²) in [6.45, 7) is 5.93. The molecule has 1 aromatic rings. The van der Waals surface area contributed by atoms with Crippen molar-refractivity contribution >= 4 is 23.2 Å². The van der Waals surface area contributed by atoms with E-state index in [2.05, 4.69) is 17.2 Å². The number of aliphatic hydroxyl groups is 1. The third-order valence-corrected chi connectivity index (χ3v) is 3.35. The predicted octanol–water partition coefficient (Wildman–Crippen LogP) is 3.30. The minimum atomic E-state index is -0.0797. The summed E-state index contributed by atoms with van der Waals surface area (Å²) in [5, 5.41) is 12.2. The molecule has 0 saturated heterocycles. The van der Waals surface area contributed by atoms with Crippen molar-refractivity contribution in [2.24, 2.45) is 11.8 Å². The Morgan fingerprint density at radius 1 is 1.40 bits per heavy atom. The van der Waals surface area contributed by atoms with E-state index in [0.29, 0.717) is 22.7 Å². The monoisotopic (exact) mass is 293 g/mol. The average Bonchev–Trinajstić information content (AvgIpc) is 2.40. The lowest BCUT2D eigenvalue weighted by atomic mass is 9.97. The Morgan fingerprint density at radius 2 is 2.10 bits per heavy atom. The van der Waals surface area contributed by atoms with Crippen LogP contribution in [0.1, 0.15) is 32.8 Å². The number of anilines is 1.